The molecule has 4 rings (SSSR count). The van der Waals surface area contributed by atoms with Gasteiger partial charge in [0.05, 0.1) is 0 Å². The minimum atomic E-state index is 0.781. The Balaban J connectivity index is 1.93. The number of benzene rings is 1. The van der Waals surface area contributed by atoms with Gasteiger partial charge in [0.1, 0.15) is 11.3 Å². The van der Waals surface area contributed by atoms with E-state index in [2.05, 4.69) is 9.97 Å². The van der Waals surface area contributed by atoms with Gasteiger partial charge in [0.25, 0.3) is 0 Å². The number of para-hydroxylation sites is 1. The Morgan fingerprint density at radius 1 is 0.810 bits per heavy atom. The van der Waals surface area contributed by atoms with Gasteiger partial charge in [-0.1, -0.05) is 24.3 Å². The first-order valence-corrected chi connectivity index (χ1v) is 6.76. The molecule has 100 valence electrons. The molecular formula is C18H12N2O. The van der Waals surface area contributed by atoms with Gasteiger partial charge < -0.3 is 4.42 Å². The van der Waals surface area contributed by atoms with E-state index in [9.17, 15) is 0 Å². The zero-order valence-electron chi connectivity index (χ0n) is 11.2. The zero-order chi connectivity index (χ0) is 14.1. The lowest BCUT2D eigenvalue weighted by Crippen LogP contribution is -1.87. The summed E-state index contributed by atoms with van der Waals surface area (Å²) >= 11 is 0. The van der Waals surface area contributed by atoms with E-state index in [0.29, 0.717) is 0 Å². The van der Waals surface area contributed by atoms with Crippen LogP contribution in [0.5, 0.6) is 0 Å². The quantitative estimate of drug-likeness (QED) is 0.537. The van der Waals surface area contributed by atoms with E-state index in [1.807, 2.05) is 54.6 Å². The minimum Gasteiger partial charge on any atom is -0.454 e. The number of fused-ring (bicyclic) bond motifs is 1. The van der Waals surface area contributed by atoms with Crippen molar-refractivity contribution in [3.05, 3.63) is 73.2 Å². The van der Waals surface area contributed by atoms with Crippen molar-refractivity contribution in [2.45, 2.75) is 0 Å². The topological polar surface area (TPSA) is 38.9 Å². The fraction of sp³-hybridized carbons (Fsp3) is 0. The Morgan fingerprint density at radius 3 is 2.52 bits per heavy atom. The summed E-state index contributed by atoms with van der Waals surface area (Å²) in [4.78, 5) is 8.57. The Morgan fingerprint density at radius 2 is 1.67 bits per heavy atom. The largest absolute Gasteiger partial charge is 0.454 e. The van der Waals surface area contributed by atoms with E-state index in [1.165, 1.54) is 0 Å². The molecule has 0 aliphatic carbocycles. The molecule has 3 nitrogen and oxygen atoms in total. The third kappa shape index (κ3) is 2.09. The van der Waals surface area contributed by atoms with E-state index in [4.69, 9.17) is 4.42 Å². The van der Waals surface area contributed by atoms with Gasteiger partial charge in [0.15, 0.2) is 5.76 Å². The van der Waals surface area contributed by atoms with Crippen LogP contribution in [0.1, 0.15) is 0 Å². The van der Waals surface area contributed by atoms with Gasteiger partial charge in [-0.2, -0.15) is 0 Å². The van der Waals surface area contributed by atoms with Crippen LogP contribution in [0.2, 0.25) is 0 Å². The van der Waals surface area contributed by atoms with Gasteiger partial charge in [0, 0.05) is 29.5 Å². The van der Waals surface area contributed by atoms with Crippen molar-refractivity contribution in [3.8, 4) is 22.6 Å². The molecule has 0 saturated heterocycles. The molecule has 0 bridgehead atoms. The molecule has 0 aliphatic rings. The van der Waals surface area contributed by atoms with E-state index in [-0.39, 0.29) is 0 Å². The summed E-state index contributed by atoms with van der Waals surface area (Å²) in [6.07, 6.45) is 5.35. The number of hydrogen-bond acceptors (Lipinski definition) is 3. The van der Waals surface area contributed by atoms with Gasteiger partial charge in [-0.05, 0) is 35.9 Å². The Bertz CT molecular complexity index is 864. The monoisotopic (exact) mass is 272 g/mol. The first-order valence-electron chi connectivity index (χ1n) is 6.76. The molecular weight excluding hydrogens is 260 g/mol. The fourth-order valence-electron chi connectivity index (χ4n) is 2.46. The highest BCUT2D eigenvalue weighted by molar-refractivity contribution is 5.86. The predicted octanol–water partition coefficient (Wildman–Crippen LogP) is 4.56. The smallest absolute Gasteiger partial charge is 0.154 e. The second-order valence-corrected chi connectivity index (χ2v) is 4.78. The van der Waals surface area contributed by atoms with Crippen LogP contribution in [0.15, 0.2) is 77.6 Å². The molecule has 21 heavy (non-hydrogen) atoms. The molecule has 0 atom stereocenters. The highest BCUT2D eigenvalue weighted by Gasteiger charge is 2.12. The third-order valence-corrected chi connectivity index (χ3v) is 3.46. The maximum Gasteiger partial charge on any atom is 0.154 e. The van der Waals surface area contributed by atoms with Crippen molar-refractivity contribution in [2.75, 3.05) is 0 Å². The van der Waals surface area contributed by atoms with Crippen molar-refractivity contribution < 1.29 is 4.42 Å². The molecule has 3 heterocycles. The SMILES string of the molecule is c1cnc(-c2cc3ccccc3o2)c(-c2ccncc2)c1. The lowest BCUT2D eigenvalue weighted by molar-refractivity contribution is 0.629. The van der Waals surface area contributed by atoms with Crippen molar-refractivity contribution in [3.63, 3.8) is 0 Å². The highest BCUT2D eigenvalue weighted by Crippen LogP contribution is 2.33. The van der Waals surface area contributed by atoms with Crippen molar-refractivity contribution >= 4 is 11.0 Å². The molecule has 0 saturated carbocycles. The normalized spacial score (nSPS) is 10.9. The van der Waals surface area contributed by atoms with Gasteiger partial charge >= 0.3 is 0 Å². The molecule has 1 aromatic carbocycles. The summed E-state index contributed by atoms with van der Waals surface area (Å²) < 4.78 is 5.94. The lowest BCUT2D eigenvalue weighted by atomic mass is 10.0. The minimum absolute atomic E-state index is 0.781. The number of pyridine rings is 2. The summed E-state index contributed by atoms with van der Waals surface area (Å²) in [5, 5.41) is 1.08. The van der Waals surface area contributed by atoms with E-state index >= 15 is 0 Å². The Kier molecular flexibility index (Phi) is 2.75. The maximum atomic E-state index is 5.94. The molecule has 3 heteroatoms. The molecule has 0 fully saturated rings. The summed E-state index contributed by atoms with van der Waals surface area (Å²) in [5.41, 5.74) is 3.84. The molecule has 0 amide bonds. The molecule has 3 aromatic heterocycles. The maximum absolute atomic E-state index is 5.94. The van der Waals surface area contributed by atoms with Crippen molar-refractivity contribution in [1.82, 2.24) is 9.97 Å². The Hall–Kier alpha value is -2.94. The van der Waals surface area contributed by atoms with Crippen molar-refractivity contribution in [1.29, 1.82) is 0 Å². The molecule has 0 aliphatic heterocycles. The molecule has 0 N–H and O–H groups in total. The van der Waals surface area contributed by atoms with Gasteiger partial charge in [-0.15, -0.1) is 0 Å². The zero-order valence-corrected chi connectivity index (χ0v) is 11.2. The van der Waals surface area contributed by atoms with Crippen LogP contribution in [0.4, 0.5) is 0 Å². The first kappa shape index (κ1) is 11.9. The van der Waals surface area contributed by atoms with E-state index < -0.39 is 0 Å². The summed E-state index contributed by atoms with van der Waals surface area (Å²) in [6, 6.07) is 17.9. The predicted molar refractivity (Wildman–Crippen MR) is 82.7 cm³/mol. The molecule has 0 spiro atoms. The van der Waals surface area contributed by atoms with Gasteiger partial charge in [0.2, 0.25) is 0 Å². The van der Waals surface area contributed by atoms with Crippen LogP contribution < -0.4 is 0 Å². The third-order valence-electron chi connectivity index (χ3n) is 3.46. The van der Waals surface area contributed by atoms with Crippen LogP contribution >= 0.6 is 0 Å². The summed E-state index contributed by atoms with van der Waals surface area (Å²) in [7, 11) is 0. The summed E-state index contributed by atoms with van der Waals surface area (Å²) in [5.74, 6) is 0.781. The number of furan rings is 1. The molecule has 4 aromatic rings. The van der Waals surface area contributed by atoms with Crippen LogP contribution in [-0.4, -0.2) is 9.97 Å². The average Bonchev–Trinajstić information content (AvgIpc) is 2.99. The first-order chi connectivity index (χ1) is 10.4. The van der Waals surface area contributed by atoms with Gasteiger partial charge in [-0.3, -0.25) is 9.97 Å². The van der Waals surface area contributed by atoms with Crippen LogP contribution in [-0.2, 0) is 0 Å². The summed E-state index contributed by atoms with van der Waals surface area (Å²) in [6.45, 7) is 0. The number of hydrogen-bond donors (Lipinski definition) is 0. The number of rotatable bonds is 2. The van der Waals surface area contributed by atoms with Gasteiger partial charge in [-0.25, -0.2) is 0 Å². The Labute approximate surface area is 121 Å². The fourth-order valence-corrected chi connectivity index (χ4v) is 2.46. The highest BCUT2D eigenvalue weighted by atomic mass is 16.3. The van der Waals surface area contributed by atoms with E-state index in [0.717, 1.165) is 33.6 Å². The standard InChI is InChI=1S/C18H12N2O/c1-2-6-16-14(4-1)12-17(21-16)18-15(5-3-9-20-18)13-7-10-19-11-8-13/h1-12H. The average molecular weight is 272 g/mol. The van der Waals surface area contributed by atoms with Crippen LogP contribution in [0.3, 0.4) is 0 Å². The second-order valence-electron chi connectivity index (χ2n) is 4.78. The van der Waals surface area contributed by atoms with Crippen molar-refractivity contribution in [2.24, 2.45) is 0 Å². The number of nitrogens with zero attached hydrogens (tertiary/aromatic N) is 2. The molecule has 0 radical (unpaired) electrons. The van der Waals surface area contributed by atoms with Crippen LogP contribution in [0.25, 0.3) is 33.6 Å². The van der Waals surface area contributed by atoms with Crippen LogP contribution in [0, 0.1) is 0 Å². The van der Waals surface area contributed by atoms with E-state index in [1.54, 1.807) is 18.6 Å². The molecule has 0 unspecified atom stereocenters. The number of aromatic nitrogens is 2. The second kappa shape index (κ2) is 4.87. The lowest BCUT2D eigenvalue weighted by Gasteiger charge is -2.05.